The predicted molar refractivity (Wildman–Crippen MR) is 107 cm³/mol. The van der Waals surface area contributed by atoms with Crippen LogP contribution < -0.4 is 15.0 Å². The highest BCUT2D eigenvalue weighted by molar-refractivity contribution is 5.97. The summed E-state index contributed by atoms with van der Waals surface area (Å²) in [4.78, 5) is 19.2. The summed E-state index contributed by atoms with van der Waals surface area (Å²) in [6.07, 6.45) is 3.15. The van der Waals surface area contributed by atoms with Gasteiger partial charge in [-0.15, -0.1) is 0 Å². The van der Waals surface area contributed by atoms with E-state index in [-0.39, 0.29) is 13.4 Å². The highest BCUT2D eigenvalue weighted by atomic mass is 16.5. The third-order valence-corrected chi connectivity index (χ3v) is 5.10. The van der Waals surface area contributed by atoms with Crippen LogP contribution in [0.1, 0.15) is 30.2 Å². The van der Waals surface area contributed by atoms with Gasteiger partial charge in [-0.25, -0.2) is 4.68 Å². The van der Waals surface area contributed by atoms with E-state index in [2.05, 4.69) is 36.8 Å². The number of fused-ring (bicyclic) bond motifs is 1. The lowest BCUT2D eigenvalue weighted by molar-refractivity contribution is 0.0931. The van der Waals surface area contributed by atoms with Crippen molar-refractivity contribution < 1.29 is 11.0 Å². The normalized spacial score (nSPS) is 14.6. The van der Waals surface area contributed by atoms with E-state index >= 15 is 0 Å². The number of tetrazole rings is 1. The zero-order chi connectivity index (χ0) is 20.4. The van der Waals surface area contributed by atoms with Gasteiger partial charge in [-0.3, -0.25) is 9.78 Å². The summed E-state index contributed by atoms with van der Waals surface area (Å²) in [7, 11) is 3.32. The fraction of sp³-hybridized carbons (Fsp3) is 0.368. The predicted octanol–water partition coefficient (Wildman–Crippen LogP) is 1.28. The molecule has 1 aromatic carbocycles. The second kappa shape index (κ2) is 7.71. The first kappa shape index (κ1) is 18.6. The molecule has 0 saturated carbocycles. The first-order valence-electron chi connectivity index (χ1n) is 9.25. The van der Waals surface area contributed by atoms with Crippen LogP contribution in [-0.4, -0.2) is 57.3 Å². The molecule has 1 saturated heterocycles. The maximum Gasteiger partial charge on any atom is 0.253 e. The molecule has 1 N–H and O–H groups in total. The lowest BCUT2D eigenvalue weighted by Gasteiger charge is -2.32. The van der Waals surface area contributed by atoms with Gasteiger partial charge in [0.15, 0.2) is 0 Å². The second-order valence-electron chi connectivity index (χ2n) is 6.92. The molecule has 1 aliphatic heterocycles. The summed E-state index contributed by atoms with van der Waals surface area (Å²) in [5.41, 5.74) is 1.54. The number of ether oxygens (including phenoxy) is 1. The van der Waals surface area contributed by atoms with E-state index < -0.39 is 0 Å². The SMILES string of the molecule is COc1cc2ncc(C(=O)NC3CCN(c4nnnn4C)CC3)cc2cc1C#N.[HH]. The Morgan fingerprint density at radius 3 is 2.79 bits per heavy atom. The number of aryl methyl sites for hydroxylation is 1. The molecule has 3 heterocycles. The highest BCUT2D eigenvalue weighted by Gasteiger charge is 2.24. The molecule has 1 fully saturated rings. The Labute approximate surface area is 168 Å². The van der Waals surface area contributed by atoms with Crippen molar-refractivity contribution in [3.05, 3.63) is 35.5 Å². The number of nitriles is 1. The molecule has 29 heavy (non-hydrogen) atoms. The first-order chi connectivity index (χ1) is 14.1. The number of nitrogens with zero attached hydrogens (tertiary/aromatic N) is 7. The zero-order valence-corrected chi connectivity index (χ0v) is 16.2. The minimum atomic E-state index is -0.174. The van der Waals surface area contributed by atoms with Gasteiger partial charge in [-0.2, -0.15) is 5.26 Å². The van der Waals surface area contributed by atoms with Gasteiger partial charge >= 0.3 is 0 Å². The number of amides is 1. The molecule has 10 heteroatoms. The maximum atomic E-state index is 12.7. The van der Waals surface area contributed by atoms with E-state index in [1.165, 1.54) is 7.11 Å². The van der Waals surface area contributed by atoms with Crippen molar-refractivity contribution in [2.24, 2.45) is 7.05 Å². The van der Waals surface area contributed by atoms with Crippen LogP contribution in [0, 0.1) is 11.3 Å². The highest BCUT2D eigenvalue weighted by Crippen LogP contribution is 2.25. The molecule has 0 atom stereocenters. The number of benzene rings is 1. The smallest absolute Gasteiger partial charge is 0.253 e. The van der Waals surface area contributed by atoms with Crippen molar-refractivity contribution >= 4 is 22.8 Å². The molecular weight excluding hydrogens is 372 g/mol. The molecule has 4 rings (SSSR count). The molecule has 1 aliphatic rings. The fourth-order valence-electron chi connectivity index (χ4n) is 3.52. The topological polar surface area (TPSA) is 122 Å². The van der Waals surface area contributed by atoms with Gasteiger partial charge < -0.3 is 15.0 Å². The van der Waals surface area contributed by atoms with Crippen LogP contribution >= 0.6 is 0 Å². The largest absolute Gasteiger partial charge is 0.495 e. The molecule has 0 bridgehead atoms. The number of methoxy groups -OCH3 is 1. The summed E-state index contributed by atoms with van der Waals surface area (Å²) < 4.78 is 6.85. The van der Waals surface area contributed by atoms with Crippen LogP contribution in [0.4, 0.5) is 5.95 Å². The molecule has 3 aromatic rings. The molecule has 150 valence electrons. The fourth-order valence-corrected chi connectivity index (χ4v) is 3.52. The first-order valence-corrected chi connectivity index (χ1v) is 9.25. The van der Waals surface area contributed by atoms with E-state index in [0.717, 1.165) is 37.3 Å². The van der Waals surface area contributed by atoms with Gasteiger partial charge in [0, 0.05) is 45.3 Å². The summed E-state index contributed by atoms with van der Waals surface area (Å²) in [5, 5.41) is 24.6. The zero-order valence-electron chi connectivity index (χ0n) is 16.2. The molecule has 0 spiro atoms. The molecule has 0 radical (unpaired) electrons. The Morgan fingerprint density at radius 2 is 2.14 bits per heavy atom. The Morgan fingerprint density at radius 1 is 1.34 bits per heavy atom. The number of pyridine rings is 1. The van der Waals surface area contributed by atoms with Crippen molar-refractivity contribution in [3.63, 3.8) is 0 Å². The van der Waals surface area contributed by atoms with Crippen molar-refractivity contribution in [2.45, 2.75) is 18.9 Å². The van der Waals surface area contributed by atoms with Crippen LogP contribution in [0.15, 0.2) is 24.4 Å². The summed E-state index contributed by atoms with van der Waals surface area (Å²) in [6, 6.07) is 7.30. The quantitative estimate of drug-likeness (QED) is 0.702. The number of hydrogen-bond donors (Lipinski definition) is 1. The number of aromatic nitrogens is 5. The summed E-state index contributed by atoms with van der Waals surface area (Å²) >= 11 is 0. The third-order valence-electron chi connectivity index (χ3n) is 5.10. The Balaban J connectivity index is 0.00000256. The van der Waals surface area contributed by atoms with Crippen LogP contribution in [0.2, 0.25) is 0 Å². The van der Waals surface area contributed by atoms with Crippen LogP contribution in [0.25, 0.3) is 10.9 Å². The molecule has 1 amide bonds. The van der Waals surface area contributed by atoms with Gasteiger partial charge in [-0.05, 0) is 35.4 Å². The van der Waals surface area contributed by atoms with E-state index in [4.69, 9.17) is 4.74 Å². The summed E-state index contributed by atoms with van der Waals surface area (Å²) in [5.74, 6) is 1.03. The van der Waals surface area contributed by atoms with Crippen LogP contribution in [0.5, 0.6) is 5.75 Å². The van der Waals surface area contributed by atoms with Gasteiger partial charge in [0.05, 0.1) is 23.8 Å². The number of nitrogens with one attached hydrogen (secondary N) is 1. The van der Waals surface area contributed by atoms with Gasteiger partial charge in [-0.1, -0.05) is 5.10 Å². The Kier molecular flexibility index (Phi) is 4.95. The van der Waals surface area contributed by atoms with Crippen molar-refractivity contribution in [2.75, 3.05) is 25.1 Å². The van der Waals surface area contributed by atoms with Crippen LogP contribution in [0.3, 0.4) is 0 Å². The van der Waals surface area contributed by atoms with E-state index in [9.17, 15) is 10.1 Å². The van der Waals surface area contributed by atoms with E-state index in [1.54, 1.807) is 29.1 Å². The summed E-state index contributed by atoms with van der Waals surface area (Å²) in [6.45, 7) is 1.53. The van der Waals surface area contributed by atoms with E-state index in [0.29, 0.717) is 22.4 Å². The second-order valence-corrected chi connectivity index (χ2v) is 6.92. The van der Waals surface area contributed by atoms with Crippen molar-refractivity contribution in [3.8, 4) is 11.8 Å². The Hall–Kier alpha value is -3.74. The van der Waals surface area contributed by atoms with Gasteiger partial charge in [0.2, 0.25) is 5.95 Å². The van der Waals surface area contributed by atoms with Crippen LogP contribution in [-0.2, 0) is 7.05 Å². The lowest BCUT2D eigenvalue weighted by Crippen LogP contribution is -2.45. The number of rotatable bonds is 4. The number of anilines is 1. The lowest BCUT2D eigenvalue weighted by atomic mass is 10.0. The maximum absolute atomic E-state index is 12.7. The van der Waals surface area contributed by atoms with Gasteiger partial charge in [0.25, 0.3) is 5.91 Å². The monoisotopic (exact) mass is 394 g/mol. The van der Waals surface area contributed by atoms with Crippen molar-refractivity contribution in [1.82, 2.24) is 30.5 Å². The van der Waals surface area contributed by atoms with Gasteiger partial charge in [0.1, 0.15) is 11.8 Å². The minimum Gasteiger partial charge on any atom is -0.495 e. The number of hydrogen-bond acceptors (Lipinski definition) is 8. The minimum absolute atomic E-state index is 0. The number of piperidine rings is 1. The molecular formula is C19H22N8O2. The van der Waals surface area contributed by atoms with E-state index in [1.807, 2.05) is 7.05 Å². The Bertz CT molecular complexity index is 1100. The molecule has 2 aromatic heterocycles. The number of carbonyl (C=O) groups is 1. The standard InChI is InChI=1S/C19H20N8O2.H2/c1-26-19(23-24-25-26)27-5-3-15(4-6-27)22-18(28)14-8-12-7-13(10-20)17(29-2)9-16(12)21-11-14;/h7-9,11,15H,3-6H2,1-2H3,(H,22,28);1H. The third kappa shape index (κ3) is 3.67. The number of carbonyl (C=O) groups excluding carboxylic acids is 1. The molecule has 0 aliphatic carbocycles. The average molecular weight is 394 g/mol. The van der Waals surface area contributed by atoms with Crippen molar-refractivity contribution in [1.29, 1.82) is 5.26 Å². The average Bonchev–Trinajstić information content (AvgIpc) is 3.18. The molecule has 10 nitrogen and oxygen atoms in total. The molecule has 0 unspecified atom stereocenters.